The van der Waals surface area contributed by atoms with Crippen LogP contribution in [0.25, 0.3) is 33.2 Å². The van der Waals surface area contributed by atoms with Crippen LogP contribution in [0, 0.1) is 0 Å². The molecule has 0 aliphatic rings. The molecular weight excluding hydrogens is 248 g/mol. The van der Waals surface area contributed by atoms with Gasteiger partial charge in [0, 0.05) is 22.5 Å². The molecule has 96 valence electrons. The van der Waals surface area contributed by atoms with Crippen LogP contribution < -0.4 is 5.73 Å². The molecule has 0 fully saturated rings. The number of pyridine rings is 1. The first kappa shape index (κ1) is 11.1. The Bertz CT molecular complexity index is 924. The van der Waals surface area contributed by atoms with Crippen LogP contribution in [0.15, 0.2) is 65.2 Å². The van der Waals surface area contributed by atoms with Gasteiger partial charge < -0.3 is 10.2 Å². The zero-order chi connectivity index (χ0) is 13.5. The first-order chi connectivity index (χ1) is 9.83. The van der Waals surface area contributed by atoms with Crippen molar-refractivity contribution in [3.63, 3.8) is 0 Å². The van der Waals surface area contributed by atoms with E-state index >= 15 is 0 Å². The second kappa shape index (κ2) is 4.10. The van der Waals surface area contributed by atoms with Crippen molar-refractivity contribution in [2.75, 3.05) is 5.73 Å². The molecule has 0 spiro atoms. The van der Waals surface area contributed by atoms with Gasteiger partial charge >= 0.3 is 0 Å². The van der Waals surface area contributed by atoms with Crippen LogP contribution in [0.1, 0.15) is 0 Å². The smallest absolute Gasteiger partial charge is 0.135 e. The third-order valence-electron chi connectivity index (χ3n) is 3.49. The first-order valence-corrected chi connectivity index (χ1v) is 6.45. The van der Waals surface area contributed by atoms with E-state index in [1.54, 1.807) is 6.20 Å². The van der Waals surface area contributed by atoms with Crippen LogP contribution in [-0.4, -0.2) is 4.98 Å². The summed E-state index contributed by atoms with van der Waals surface area (Å²) in [4.78, 5) is 4.36. The summed E-state index contributed by atoms with van der Waals surface area (Å²) in [6.07, 6.45) is 1.75. The maximum absolute atomic E-state index is 6.00. The van der Waals surface area contributed by atoms with Crippen molar-refractivity contribution in [1.29, 1.82) is 0 Å². The quantitative estimate of drug-likeness (QED) is 0.557. The molecule has 2 heterocycles. The molecule has 4 rings (SSSR count). The summed E-state index contributed by atoms with van der Waals surface area (Å²) in [7, 11) is 0. The zero-order valence-electron chi connectivity index (χ0n) is 10.7. The normalized spacial score (nSPS) is 11.2. The highest BCUT2D eigenvalue weighted by molar-refractivity contribution is 6.06. The van der Waals surface area contributed by atoms with E-state index in [4.69, 9.17) is 10.2 Å². The van der Waals surface area contributed by atoms with E-state index in [0.717, 1.165) is 33.2 Å². The van der Waals surface area contributed by atoms with E-state index in [0.29, 0.717) is 5.69 Å². The minimum Gasteiger partial charge on any atom is -0.456 e. The molecule has 0 unspecified atom stereocenters. The molecular formula is C17H12N2O. The highest BCUT2D eigenvalue weighted by Gasteiger charge is 2.09. The van der Waals surface area contributed by atoms with Crippen molar-refractivity contribution >= 4 is 27.6 Å². The molecule has 0 radical (unpaired) electrons. The van der Waals surface area contributed by atoms with Gasteiger partial charge in [0.2, 0.25) is 0 Å². The molecule has 0 amide bonds. The molecule has 0 aliphatic carbocycles. The van der Waals surface area contributed by atoms with Crippen molar-refractivity contribution in [2.45, 2.75) is 0 Å². The molecule has 0 saturated heterocycles. The number of para-hydroxylation sites is 1. The molecule has 4 aromatic rings. The van der Waals surface area contributed by atoms with Crippen LogP contribution in [0.2, 0.25) is 0 Å². The second-order valence-electron chi connectivity index (χ2n) is 4.75. The van der Waals surface area contributed by atoms with E-state index in [-0.39, 0.29) is 0 Å². The SMILES string of the molecule is Nc1cccnc1-c1ccc2oc3ccccc3c2c1. The number of hydrogen-bond acceptors (Lipinski definition) is 3. The molecule has 3 heteroatoms. The fourth-order valence-corrected chi connectivity index (χ4v) is 2.53. The van der Waals surface area contributed by atoms with E-state index < -0.39 is 0 Å². The van der Waals surface area contributed by atoms with Crippen molar-refractivity contribution in [3.8, 4) is 11.3 Å². The predicted octanol–water partition coefficient (Wildman–Crippen LogP) is 4.23. The standard InChI is InChI=1S/C17H12N2O/c18-14-5-3-9-19-17(14)11-7-8-16-13(10-11)12-4-1-2-6-15(12)20-16/h1-10H,18H2. The van der Waals surface area contributed by atoms with Crippen molar-refractivity contribution in [3.05, 3.63) is 60.8 Å². The number of rotatable bonds is 1. The number of anilines is 1. The fourth-order valence-electron chi connectivity index (χ4n) is 2.53. The van der Waals surface area contributed by atoms with Crippen molar-refractivity contribution in [1.82, 2.24) is 4.98 Å². The average Bonchev–Trinajstić information content (AvgIpc) is 2.85. The van der Waals surface area contributed by atoms with Gasteiger partial charge in [-0.25, -0.2) is 0 Å². The summed E-state index contributed by atoms with van der Waals surface area (Å²) in [6.45, 7) is 0. The first-order valence-electron chi connectivity index (χ1n) is 6.45. The summed E-state index contributed by atoms with van der Waals surface area (Å²) < 4.78 is 5.82. The Labute approximate surface area is 115 Å². The molecule has 20 heavy (non-hydrogen) atoms. The number of nitrogen functional groups attached to an aromatic ring is 1. The molecule has 0 aliphatic heterocycles. The predicted molar refractivity (Wildman–Crippen MR) is 81.4 cm³/mol. The summed E-state index contributed by atoms with van der Waals surface area (Å²) in [5, 5.41) is 2.20. The lowest BCUT2D eigenvalue weighted by atomic mass is 10.1. The van der Waals surface area contributed by atoms with Crippen LogP contribution in [0.4, 0.5) is 5.69 Å². The van der Waals surface area contributed by atoms with Gasteiger partial charge in [-0.15, -0.1) is 0 Å². The Balaban J connectivity index is 2.03. The van der Waals surface area contributed by atoms with Crippen LogP contribution in [-0.2, 0) is 0 Å². The highest BCUT2D eigenvalue weighted by Crippen LogP contribution is 2.32. The number of nitrogens with two attached hydrogens (primary N) is 1. The van der Waals surface area contributed by atoms with Gasteiger partial charge in [0.05, 0.1) is 11.4 Å². The maximum atomic E-state index is 6.00. The van der Waals surface area contributed by atoms with E-state index in [1.165, 1.54) is 0 Å². The number of fused-ring (bicyclic) bond motifs is 3. The molecule has 0 saturated carbocycles. The van der Waals surface area contributed by atoms with Crippen LogP contribution in [0.3, 0.4) is 0 Å². The zero-order valence-corrected chi connectivity index (χ0v) is 10.7. The lowest BCUT2D eigenvalue weighted by molar-refractivity contribution is 0.669. The molecule has 2 N–H and O–H groups in total. The van der Waals surface area contributed by atoms with Gasteiger partial charge in [0.1, 0.15) is 11.2 Å². The maximum Gasteiger partial charge on any atom is 0.135 e. The molecule has 2 aromatic heterocycles. The minimum atomic E-state index is 0.680. The van der Waals surface area contributed by atoms with Gasteiger partial charge in [-0.2, -0.15) is 0 Å². The van der Waals surface area contributed by atoms with Gasteiger partial charge in [-0.1, -0.05) is 18.2 Å². The summed E-state index contributed by atoms with van der Waals surface area (Å²) in [5.74, 6) is 0. The Morgan fingerprint density at radius 2 is 1.70 bits per heavy atom. The van der Waals surface area contributed by atoms with E-state index in [2.05, 4.69) is 17.1 Å². The molecule has 3 nitrogen and oxygen atoms in total. The van der Waals surface area contributed by atoms with Crippen molar-refractivity contribution in [2.24, 2.45) is 0 Å². The average molecular weight is 260 g/mol. The Hall–Kier alpha value is -2.81. The number of hydrogen-bond donors (Lipinski definition) is 1. The van der Waals surface area contributed by atoms with Crippen LogP contribution in [0.5, 0.6) is 0 Å². The third-order valence-corrected chi connectivity index (χ3v) is 3.49. The highest BCUT2D eigenvalue weighted by atomic mass is 16.3. The molecule has 0 atom stereocenters. The lowest BCUT2D eigenvalue weighted by Crippen LogP contribution is -1.92. The van der Waals surface area contributed by atoms with Gasteiger partial charge in [0.25, 0.3) is 0 Å². The summed E-state index contributed by atoms with van der Waals surface area (Å²) >= 11 is 0. The topological polar surface area (TPSA) is 52.0 Å². The number of aromatic nitrogens is 1. The molecule has 2 aromatic carbocycles. The van der Waals surface area contributed by atoms with E-state index in [9.17, 15) is 0 Å². The third kappa shape index (κ3) is 1.57. The van der Waals surface area contributed by atoms with Crippen molar-refractivity contribution < 1.29 is 4.42 Å². The number of furan rings is 1. The van der Waals surface area contributed by atoms with Gasteiger partial charge in [0.15, 0.2) is 0 Å². The lowest BCUT2D eigenvalue weighted by Gasteiger charge is -2.04. The Kier molecular flexibility index (Phi) is 2.27. The van der Waals surface area contributed by atoms with Gasteiger partial charge in [-0.3, -0.25) is 4.98 Å². The number of nitrogens with zero attached hydrogens (tertiary/aromatic N) is 1. The minimum absolute atomic E-state index is 0.680. The largest absolute Gasteiger partial charge is 0.456 e. The monoisotopic (exact) mass is 260 g/mol. The number of benzene rings is 2. The summed E-state index contributed by atoms with van der Waals surface area (Å²) in [5.41, 5.74) is 10.3. The van der Waals surface area contributed by atoms with Gasteiger partial charge in [-0.05, 0) is 36.4 Å². The summed E-state index contributed by atoms with van der Waals surface area (Å²) in [6, 6.07) is 17.8. The molecule has 0 bridgehead atoms. The fraction of sp³-hybridized carbons (Fsp3) is 0. The van der Waals surface area contributed by atoms with E-state index in [1.807, 2.05) is 42.5 Å². The van der Waals surface area contributed by atoms with Crippen LogP contribution >= 0.6 is 0 Å². The second-order valence-corrected chi connectivity index (χ2v) is 4.75. The Morgan fingerprint density at radius 1 is 0.850 bits per heavy atom. The Morgan fingerprint density at radius 3 is 2.60 bits per heavy atom.